The van der Waals surface area contributed by atoms with Gasteiger partial charge in [0.25, 0.3) is 0 Å². The van der Waals surface area contributed by atoms with Crippen LogP contribution in [0.15, 0.2) is 103 Å². The SMILES string of the molecule is CC(C)(C)c1ccc(Nc2cc(C(C)(C)C)cc(N(c3ccc(C(C)(C)C)cc3)c3ccc4ccccc4c3)c2Cl)cc1. The van der Waals surface area contributed by atoms with E-state index in [1.54, 1.807) is 0 Å². The molecule has 0 aliphatic rings. The lowest BCUT2D eigenvalue weighted by Crippen LogP contribution is -2.16. The molecule has 0 atom stereocenters. The largest absolute Gasteiger partial charge is 0.354 e. The number of halogens is 1. The van der Waals surface area contributed by atoms with Crippen LogP contribution in [0.25, 0.3) is 10.8 Å². The number of fused-ring (bicyclic) bond motifs is 1. The third kappa shape index (κ3) is 6.76. The average Bonchev–Trinajstić information content (AvgIpc) is 2.94. The molecule has 0 heterocycles. The van der Waals surface area contributed by atoms with Gasteiger partial charge in [-0.15, -0.1) is 0 Å². The Labute approximate surface area is 263 Å². The predicted octanol–water partition coefficient (Wildman–Crippen LogP) is 12.6. The maximum absolute atomic E-state index is 7.40. The summed E-state index contributed by atoms with van der Waals surface area (Å²) in [6.07, 6.45) is 0. The van der Waals surface area contributed by atoms with E-state index in [9.17, 15) is 0 Å². The van der Waals surface area contributed by atoms with Crippen molar-refractivity contribution in [3.8, 4) is 0 Å². The summed E-state index contributed by atoms with van der Waals surface area (Å²) in [6.45, 7) is 20.2. The molecule has 1 N–H and O–H groups in total. The summed E-state index contributed by atoms with van der Waals surface area (Å²) >= 11 is 7.40. The van der Waals surface area contributed by atoms with Crippen molar-refractivity contribution in [2.45, 2.75) is 78.6 Å². The first kappa shape index (κ1) is 30.7. The molecule has 0 bridgehead atoms. The number of benzene rings is 5. The number of anilines is 5. The third-order valence-corrected chi connectivity index (χ3v) is 8.57. The Morgan fingerprint density at radius 2 is 1.02 bits per heavy atom. The highest BCUT2D eigenvalue weighted by Crippen LogP contribution is 2.46. The molecule has 0 aromatic heterocycles. The van der Waals surface area contributed by atoms with Gasteiger partial charge in [0.2, 0.25) is 0 Å². The highest BCUT2D eigenvalue weighted by Gasteiger charge is 2.24. The number of rotatable bonds is 5. The summed E-state index contributed by atoms with van der Waals surface area (Å²) in [6, 6.07) is 37.2. The topological polar surface area (TPSA) is 15.3 Å². The van der Waals surface area contributed by atoms with E-state index in [0.717, 1.165) is 28.4 Å². The van der Waals surface area contributed by atoms with Gasteiger partial charge in [0.15, 0.2) is 0 Å². The van der Waals surface area contributed by atoms with Gasteiger partial charge in [0.1, 0.15) is 0 Å². The Balaban J connectivity index is 1.70. The summed E-state index contributed by atoms with van der Waals surface area (Å²) in [5.74, 6) is 0. The van der Waals surface area contributed by atoms with Crippen LogP contribution in [-0.2, 0) is 16.2 Å². The maximum Gasteiger partial charge on any atom is 0.0881 e. The standard InChI is InChI=1S/C40H45ClN2/c1-38(2,3)29-15-19-32(20-16-29)42-35-25-31(40(7,8)9)26-36(37(35)41)43(33-22-17-30(18-23-33)39(4,5)6)34-21-14-27-12-10-11-13-28(27)24-34/h10-26,42H,1-9H3. The van der Waals surface area contributed by atoms with E-state index in [1.807, 2.05) is 0 Å². The van der Waals surface area contributed by atoms with Crippen molar-refractivity contribution in [1.29, 1.82) is 0 Å². The van der Waals surface area contributed by atoms with E-state index >= 15 is 0 Å². The lowest BCUT2D eigenvalue weighted by atomic mass is 9.86. The molecule has 5 aromatic carbocycles. The van der Waals surface area contributed by atoms with Gasteiger partial charge >= 0.3 is 0 Å². The van der Waals surface area contributed by atoms with E-state index in [2.05, 4.69) is 176 Å². The zero-order valence-electron chi connectivity index (χ0n) is 27.1. The molecule has 0 aliphatic carbocycles. The van der Waals surface area contributed by atoms with Crippen LogP contribution >= 0.6 is 11.6 Å². The summed E-state index contributed by atoms with van der Waals surface area (Å²) in [5, 5.41) is 6.75. The fourth-order valence-corrected chi connectivity index (χ4v) is 5.60. The Morgan fingerprint density at radius 3 is 1.58 bits per heavy atom. The van der Waals surface area contributed by atoms with Crippen molar-refractivity contribution in [1.82, 2.24) is 0 Å². The fraction of sp³-hybridized carbons (Fsp3) is 0.300. The lowest BCUT2D eigenvalue weighted by Gasteiger charge is -2.31. The molecule has 3 heteroatoms. The quantitative estimate of drug-likeness (QED) is 0.219. The zero-order chi connectivity index (χ0) is 31.2. The number of hydrogen-bond acceptors (Lipinski definition) is 2. The van der Waals surface area contributed by atoms with E-state index in [-0.39, 0.29) is 16.2 Å². The Hall–Kier alpha value is -3.75. The second kappa shape index (κ2) is 11.4. The third-order valence-electron chi connectivity index (χ3n) is 8.17. The Bertz CT molecular complexity index is 1730. The molecule has 43 heavy (non-hydrogen) atoms. The second-order valence-electron chi connectivity index (χ2n) is 14.7. The Kier molecular flexibility index (Phi) is 8.13. The van der Waals surface area contributed by atoms with E-state index in [1.165, 1.54) is 27.5 Å². The lowest BCUT2D eigenvalue weighted by molar-refractivity contribution is 0.590. The summed E-state index contributed by atoms with van der Waals surface area (Å²) in [5.41, 5.74) is 8.86. The van der Waals surface area contributed by atoms with Crippen LogP contribution in [0.4, 0.5) is 28.4 Å². The van der Waals surface area contributed by atoms with Crippen LogP contribution in [-0.4, -0.2) is 0 Å². The van der Waals surface area contributed by atoms with Crippen LogP contribution in [0.1, 0.15) is 79.0 Å². The summed E-state index contributed by atoms with van der Waals surface area (Å²) in [7, 11) is 0. The van der Waals surface area contributed by atoms with Crippen LogP contribution in [0.2, 0.25) is 5.02 Å². The van der Waals surface area contributed by atoms with Gasteiger partial charge in [-0.05, 0) is 92.2 Å². The van der Waals surface area contributed by atoms with Gasteiger partial charge in [-0.1, -0.05) is 129 Å². The minimum atomic E-state index is -0.0863. The van der Waals surface area contributed by atoms with Gasteiger partial charge in [-0.3, -0.25) is 0 Å². The van der Waals surface area contributed by atoms with E-state index in [4.69, 9.17) is 11.6 Å². The van der Waals surface area contributed by atoms with E-state index in [0.29, 0.717) is 5.02 Å². The molecular formula is C40H45ClN2. The van der Waals surface area contributed by atoms with Crippen LogP contribution < -0.4 is 10.2 Å². The molecule has 0 spiro atoms. The van der Waals surface area contributed by atoms with Gasteiger partial charge in [0, 0.05) is 17.1 Å². The van der Waals surface area contributed by atoms with Gasteiger partial charge in [0.05, 0.1) is 16.4 Å². The average molecular weight is 589 g/mol. The number of hydrogen-bond donors (Lipinski definition) is 1. The van der Waals surface area contributed by atoms with Crippen molar-refractivity contribution in [2.24, 2.45) is 0 Å². The van der Waals surface area contributed by atoms with Crippen molar-refractivity contribution in [2.75, 3.05) is 10.2 Å². The van der Waals surface area contributed by atoms with Crippen LogP contribution in [0.3, 0.4) is 0 Å². The summed E-state index contributed by atoms with van der Waals surface area (Å²) in [4.78, 5) is 2.30. The first-order valence-electron chi connectivity index (χ1n) is 15.2. The molecule has 0 fully saturated rings. The zero-order valence-corrected chi connectivity index (χ0v) is 27.9. The normalized spacial score (nSPS) is 12.4. The summed E-state index contributed by atoms with van der Waals surface area (Å²) < 4.78 is 0. The molecule has 222 valence electrons. The minimum absolute atomic E-state index is 0.0652. The molecule has 0 radical (unpaired) electrons. The molecule has 0 aliphatic heterocycles. The van der Waals surface area contributed by atoms with Gasteiger partial charge in [-0.25, -0.2) is 0 Å². The smallest absolute Gasteiger partial charge is 0.0881 e. The van der Waals surface area contributed by atoms with Crippen LogP contribution in [0, 0.1) is 0 Å². The Morgan fingerprint density at radius 1 is 0.512 bits per heavy atom. The van der Waals surface area contributed by atoms with E-state index < -0.39 is 0 Å². The molecule has 2 nitrogen and oxygen atoms in total. The molecule has 0 saturated carbocycles. The molecule has 0 unspecified atom stereocenters. The first-order chi connectivity index (χ1) is 20.1. The van der Waals surface area contributed by atoms with Crippen molar-refractivity contribution in [3.05, 3.63) is 125 Å². The molecule has 5 rings (SSSR count). The van der Waals surface area contributed by atoms with Crippen molar-refractivity contribution in [3.63, 3.8) is 0 Å². The maximum atomic E-state index is 7.40. The van der Waals surface area contributed by atoms with Gasteiger partial charge in [-0.2, -0.15) is 0 Å². The van der Waals surface area contributed by atoms with Crippen molar-refractivity contribution < 1.29 is 0 Å². The predicted molar refractivity (Wildman–Crippen MR) is 189 cm³/mol. The monoisotopic (exact) mass is 588 g/mol. The minimum Gasteiger partial charge on any atom is -0.354 e. The molecular weight excluding hydrogens is 544 g/mol. The highest BCUT2D eigenvalue weighted by molar-refractivity contribution is 6.36. The van der Waals surface area contributed by atoms with Crippen LogP contribution in [0.5, 0.6) is 0 Å². The van der Waals surface area contributed by atoms with Crippen molar-refractivity contribution >= 4 is 50.8 Å². The molecule has 0 amide bonds. The number of nitrogens with one attached hydrogen (secondary N) is 1. The molecule has 0 saturated heterocycles. The first-order valence-corrected chi connectivity index (χ1v) is 15.6. The highest BCUT2D eigenvalue weighted by atomic mass is 35.5. The van der Waals surface area contributed by atoms with Gasteiger partial charge < -0.3 is 10.2 Å². The fourth-order valence-electron chi connectivity index (χ4n) is 5.36. The number of nitrogens with zero attached hydrogens (tertiary/aromatic N) is 1. The second-order valence-corrected chi connectivity index (χ2v) is 15.1. The molecule has 5 aromatic rings.